The Labute approximate surface area is 153 Å². The number of imidazole rings is 1. The number of amides is 1. The normalized spacial score (nSPS) is 17.8. The molecule has 3 heterocycles. The van der Waals surface area contributed by atoms with Crippen LogP contribution in [-0.4, -0.2) is 38.4 Å². The van der Waals surface area contributed by atoms with Crippen LogP contribution in [0.2, 0.25) is 0 Å². The van der Waals surface area contributed by atoms with Gasteiger partial charge in [0.1, 0.15) is 5.82 Å². The highest BCUT2D eigenvalue weighted by Crippen LogP contribution is 2.32. The number of fused-ring (bicyclic) bond motifs is 1. The van der Waals surface area contributed by atoms with Gasteiger partial charge in [0.2, 0.25) is 0 Å². The van der Waals surface area contributed by atoms with Gasteiger partial charge in [-0.2, -0.15) is 0 Å². The van der Waals surface area contributed by atoms with E-state index in [1.54, 1.807) is 12.4 Å². The molecule has 0 saturated carbocycles. The van der Waals surface area contributed by atoms with Crippen LogP contribution in [-0.2, 0) is 0 Å². The molecule has 0 bridgehead atoms. The third kappa shape index (κ3) is 2.98. The molecule has 5 heteroatoms. The molecule has 4 rings (SSSR count). The van der Waals surface area contributed by atoms with Gasteiger partial charge in [0.05, 0.1) is 16.6 Å². The summed E-state index contributed by atoms with van der Waals surface area (Å²) in [5, 5.41) is 0. The van der Waals surface area contributed by atoms with Gasteiger partial charge in [0.15, 0.2) is 0 Å². The van der Waals surface area contributed by atoms with E-state index in [1.807, 2.05) is 23.1 Å². The van der Waals surface area contributed by atoms with Crippen LogP contribution in [0.15, 0.2) is 48.8 Å². The van der Waals surface area contributed by atoms with Gasteiger partial charge in [-0.3, -0.25) is 9.78 Å². The summed E-state index contributed by atoms with van der Waals surface area (Å²) in [6.45, 7) is 5.90. The maximum absolute atomic E-state index is 12.8. The molecule has 1 amide bonds. The molecule has 3 aromatic rings. The molecule has 0 N–H and O–H groups in total. The van der Waals surface area contributed by atoms with Crippen LogP contribution in [0, 0.1) is 0 Å². The average Bonchev–Trinajstić information content (AvgIpc) is 3.08. The SMILES string of the molecule is CC(C)n1c([C@H]2CCCN(C(=O)c3cccnc3)C2)nc2ccccc21. The van der Waals surface area contributed by atoms with E-state index in [-0.39, 0.29) is 11.8 Å². The van der Waals surface area contributed by atoms with Crippen LogP contribution >= 0.6 is 0 Å². The number of hydrogen-bond acceptors (Lipinski definition) is 3. The Morgan fingerprint density at radius 1 is 1.19 bits per heavy atom. The number of piperidine rings is 1. The molecule has 1 aromatic carbocycles. The lowest BCUT2D eigenvalue weighted by Crippen LogP contribution is -2.39. The quantitative estimate of drug-likeness (QED) is 0.718. The van der Waals surface area contributed by atoms with Crippen LogP contribution in [0.1, 0.15) is 54.8 Å². The zero-order chi connectivity index (χ0) is 18.1. The second-order valence-electron chi connectivity index (χ2n) is 7.25. The van der Waals surface area contributed by atoms with Gasteiger partial charge in [-0.15, -0.1) is 0 Å². The molecule has 1 aliphatic heterocycles. The highest BCUT2D eigenvalue weighted by molar-refractivity contribution is 5.94. The molecule has 26 heavy (non-hydrogen) atoms. The largest absolute Gasteiger partial charge is 0.338 e. The highest BCUT2D eigenvalue weighted by atomic mass is 16.2. The van der Waals surface area contributed by atoms with E-state index in [0.717, 1.165) is 30.7 Å². The van der Waals surface area contributed by atoms with Crippen LogP contribution < -0.4 is 0 Å². The molecular formula is C21H24N4O. The van der Waals surface area contributed by atoms with Gasteiger partial charge in [0, 0.05) is 37.4 Å². The van der Waals surface area contributed by atoms with E-state index in [2.05, 4.69) is 41.6 Å². The molecule has 2 aromatic heterocycles. The molecule has 1 aliphatic rings. The van der Waals surface area contributed by atoms with Crippen molar-refractivity contribution in [2.45, 2.75) is 38.6 Å². The predicted molar refractivity (Wildman–Crippen MR) is 102 cm³/mol. The third-order valence-electron chi connectivity index (χ3n) is 5.12. The van der Waals surface area contributed by atoms with E-state index < -0.39 is 0 Å². The van der Waals surface area contributed by atoms with Crippen molar-refractivity contribution >= 4 is 16.9 Å². The number of rotatable bonds is 3. The number of benzene rings is 1. The Morgan fingerprint density at radius 2 is 2.04 bits per heavy atom. The summed E-state index contributed by atoms with van der Waals surface area (Å²) in [5.41, 5.74) is 2.87. The minimum atomic E-state index is 0.0648. The lowest BCUT2D eigenvalue weighted by Gasteiger charge is -2.33. The fraction of sp³-hybridized carbons (Fsp3) is 0.381. The van der Waals surface area contributed by atoms with Gasteiger partial charge in [-0.05, 0) is 51.0 Å². The predicted octanol–water partition coefficient (Wildman–Crippen LogP) is 4.03. The maximum atomic E-state index is 12.8. The fourth-order valence-electron chi connectivity index (χ4n) is 3.94. The first kappa shape index (κ1) is 16.8. The highest BCUT2D eigenvalue weighted by Gasteiger charge is 2.29. The molecule has 0 unspecified atom stereocenters. The summed E-state index contributed by atoms with van der Waals surface area (Å²) < 4.78 is 2.33. The molecule has 134 valence electrons. The number of carbonyl (C=O) groups excluding carboxylic acids is 1. The fourth-order valence-corrected chi connectivity index (χ4v) is 3.94. The van der Waals surface area contributed by atoms with Crippen molar-refractivity contribution in [1.82, 2.24) is 19.4 Å². The zero-order valence-corrected chi connectivity index (χ0v) is 15.3. The summed E-state index contributed by atoms with van der Waals surface area (Å²) in [6.07, 6.45) is 5.40. The maximum Gasteiger partial charge on any atom is 0.255 e. The van der Waals surface area contributed by atoms with E-state index in [9.17, 15) is 4.79 Å². The van der Waals surface area contributed by atoms with E-state index in [0.29, 0.717) is 18.2 Å². The Hall–Kier alpha value is -2.69. The minimum absolute atomic E-state index is 0.0648. The second kappa shape index (κ2) is 6.90. The summed E-state index contributed by atoms with van der Waals surface area (Å²) in [4.78, 5) is 23.8. The number of hydrogen-bond donors (Lipinski definition) is 0. The Morgan fingerprint density at radius 3 is 2.81 bits per heavy atom. The first-order valence-corrected chi connectivity index (χ1v) is 9.31. The molecular weight excluding hydrogens is 324 g/mol. The topological polar surface area (TPSA) is 51.0 Å². The summed E-state index contributed by atoms with van der Waals surface area (Å²) in [7, 11) is 0. The Balaban J connectivity index is 1.65. The van der Waals surface area contributed by atoms with Gasteiger partial charge in [0.25, 0.3) is 5.91 Å². The van der Waals surface area contributed by atoms with Crippen molar-refractivity contribution in [1.29, 1.82) is 0 Å². The standard InChI is InChI=1S/C21H24N4O/c1-15(2)25-19-10-4-3-9-18(19)23-20(25)17-8-6-12-24(14-17)21(26)16-7-5-11-22-13-16/h3-5,7,9-11,13,15,17H,6,8,12,14H2,1-2H3/t17-/m0/s1. The lowest BCUT2D eigenvalue weighted by molar-refractivity contribution is 0.0703. The van der Waals surface area contributed by atoms with Crippen molar-refractivity contribution in [2.24, 2.45) is 0 Å². The monoisotopic (exact) mass is 348 g/mol. The number of nitrogens with zero attached hydrogens (tertiary/aromatic N) is 4. The molecule has 1 fully saturated rings. The summed E-state index contributed by atoms with van der Waals surface area (Å²) in [6, 6.07) is 12.3. The smallest absolute Gasteiger partial charge is 0.255 e. The van der Waals surface area contributed by atoms with E-state index >= 15 is 0 Å². The van der Waals surface area contributed by atoms with Crippen LogP contribution in [0.25, 0.3) is 11.0 Å². The van der Waals surface area contributed by atoms with E-state index in [4.69, 9.17) is 4.98 Å². The van der Waals surface area contributed by atoms with Crippen molar-refractivity contribution < 1.29 is 4.79 Å². The molecule has 5 nitrogen and oxygen atoms in total. The van der Waals surface area contributed by atoms with E-state index in [1.165, 1.54) is 5.52 Å². The van der Waals surface area contributed by atoms with Crippen LogP contribution in [0.3, 0.4) is 0 Å². The van der Waals surface area contributed by atoms with Gasteiger partial charge >= 0.3 is 0 Å². The van der Waals surface area contributed by atoms with Gasteiger partial charge in [-0.25, -0.2) is 4.98 Å². The average molecular weight is 348 g/mol. The van der Waals surface area contributed by atoms with Crippen molar-refractivity contribution in [3.63, 3.8) is 0 Å². The molecule has 1 atom stereocenters. The van der Waals surface area contributed by atoms with Crippen LogP contribution in [0.5, 0.6) is 0 Å². The number of carbonyl (C=O) groups is 1. The Kier molecular flexibility index (Phi) is 4.45. The molecule has 0 spiro atoms. The summed E-state index contributed by atoms with van der Waals surface area (Å²) >= 11 is 0. The number of pyridine rings is 1. The molecule has 1 saturated heterocycles. The van der Waals surface area contributed by atoms with Gasteiger partial charge < -0.3 is 9.47 Å². The molecule has 0 aliphatic carbocycles. The van der Waals surface area contributed by atoms with Crippen LogP contribution in [0.4, 0.5) is 0 Å². The lowest BCUT2D eigenvalue weighted by atomic mass is 9.96. The summed E-state index contributed by atoms with van der Waals surface area (Å²) in [5.74, 6) is 1.43. The zero-order valence-electron chi connectivity index (χ0n) is 15.3. The third-order valence-corrected chi connectivity index (χ3v) is 5.12. The number of aromatic nitrogens is 3. The van der Waals surface area contributed by atoms with Crippen molar-refractivity contribution in [3.8, 4) is 0 Å². The minimum Gasteiger partial charge on any atom is -0.338 e. The van der Waals surface area contributed by atoms with Gasteiger partial charge in [-0.1, -0.05) is 12.1 Å². The first-order chi connectivity index (χ1) is 12.6. The molecule has 0 radical (unpaired) electrons. The number of likely N-dealkylation sites (tertiary alicyclic amines) is 1. The van der Waals surface area contributed by atoms with Crippen molar-refractivity contribution in [2.75, 3.05) is 13.1 Å². The second-order valence-corrected chi connectivity index (χ2v) is 7.25. The first-order valence-electron chi connectivity index (χ1n) is 9.31. The Bertz CT molecular complexity index is 916. The van der Waals surface area contributed by atoms with Crippen molar-refractivity contribution in [3.05, 3.63) is 60.2 Å². The number of para-hydroxylation sites is 2.